The average Bonchev–Trinajstić information content (AvgIpc) is 3.13. The Balaban J connectivity index is 1.86. The van der Waals surface area contributed by atoms with E-state index < -0.39 is 0 Å². The Morgan fingerprint density at radius 1 is 1.26 bits per heavy atom. The first kappa shape index (κ1) is 15.8. The van der Waals surface area contributed by atoms with Crippen LogP contribution in [0.5, 0.6) is 0 Å². The van der Waals surface area contributed by atoms with E-state index >= 15 is 0 Å². The molecule has 1 unspecified atom stereocenters. The van der Waals surface area contributed by atoms with Gasteiger partial charge in [-0.1, -0.05) is 18.2 Å². The predicted octanol–water partition coefficient (Wildman–Crippen LogP) is 2.78. The predicted molar refractivity (Wildman–Crippen MR) is 93.2 cm³/mol. The Morgan fingerprint density at radius 2 is 2.00 bits per heavy atom. The van der Waals surface area contributed by atoms with E-state index in [9.17, 15) is 4.79 Å². The summed E-state index contributed by atoms with van der Waals surface area (Å²) >= 11 is 0. The first-order valence-corrected chi connectivity index (χ1v) is 8.30. The number of nitrogens with one attached hydrogen (secondary N) is 1. The van der Waals surface area contributed by atoms with Crippen LogP contribution in [0.1, 0.15) is 28.2 Å². The molecule has 0 bridgehead atoms. The maximum absolute atomic E-state index is 12.9. The Labute approximate surface area is 138 Å². The molecule has 1 fully saturated rings. The first-order valence-electron chi connectivity index (χ1n) is 8.30. The van der Waals surface area contributed by atoms with Crippen LogP contribution >= 0.6 is 0 Å². The Bertz CT molecular complexity index is 690. The minimum Gasteiger partial charge on any atom is -0.338 e. The van der Waals surface area contributed by atoms with Crippen molar-refractivity contribution >= 4 is 5.91 Å². The lowest BCUT2D eigenvalue weighted by Gasteiger charge is -2.17. The number of benzene rings is 1. The Hall–Kier alpha value is -2.07. The number of carbonyl (C=O) groups excluding carboxylic acids is 1. The number of nitrogens with zero attached hydrogens (tertiary/aromatic N) is 2. The zero-order valence-corrected chi connectivity index (χ0v) is 14.2. The number of hydrogen-bond donors (Lipinski definition) is 1. The van der Waals surface area contributed by atoms with E-state index in [2.05, 4.69) is 28.9 Å². The molecule has 122 valence electrons. The van der Waals surface area contributed by atoms with Gasteiger partial charge in [0, 0.05) is 30.2 Å². The zero-order valence-electron chi connectivity index (χ0n) is 14.2. The fourth-order valence-electron chi connectivity index (χ4n) is 3.60. The van der Waals surface area contributed by atoms with E-state index in [4.69, 9.17) is 0 Å². The minimum absolute atomic E-state index is 0.166. The molecule has 1 atom stereocenters. The summed E-state index contributed by atoms with van der Waals surface area (Å²) in [4.78, 5) is 14.9. The number of likely N-dealkylation sites (tertiary alicyclic amines) is 1. The van der Waals surface area contributed by atoms with E-state index in [0.29, 0.717) is 5.92 Å². The molecule has 0 spiro atoms. The number of carbonyl (C=O) groups is 1. The number of aryl methyl sites for hydroxylation is 1. The molecule has 2 heterocycles. The lowest BCUT2D eigenvalue weighted by atomic mass is 10.1. The lowest BCUT2D eigenvalue weighted by molar-refractivity contribution is 0.0786. The molecule has 1 aromatic carbocycles. The minimum atomic E-state index is 0.166. The fraction of sp³-hybridized carbons (Fsp3) is 0.421. The number of amides is 1. The SMILES string of the molecule is CNCC1CCN(C(=O)c2cc(C)n(-c3ccccc3)c2C)C1. The van der Waals surface area contributed by atoms with Crippen molar-refractivity contribution in [3.63, 3.8) is 0 Å². The second-order valence-corrected chi connectivity index (χ2v) is 6.42. The summed E-state index contributed by atoms with van der Waals surface area (Å²) in [5.41, 5.74) is 4.06. The van der Waals surface area contributed by atoms with Crippen molar-refractivity contribution in [2.75, 3.05) is 26.7 Å². The van der Waals surface area contributed by atoms with Crippen molar-refractivity contribution < 1.29 is 4.79 Å². The van der Waals surface area contributed by atoms with Crippen LogP contribution < -0.4 is 5.32 Å². The summed E-state index contributed by atoms with van der Waals surface area (Å²) < 4.78 is 2.16. The molecule has 23 heavy (non-hydrogen) atoms. The van der Waals surface area contributed by atoms with Crippen molar-refractivity contribution in [1.82, 2.24) is 14.8 Å². The molecule has 0 saturated carbocycles. The summed E-state index contributed by atoms with van der Waals surface area (Å²) in [6, 6.07) is 12.2. The molecular formula is C19H25N3O. The molecule has 2 aromatic rings. The fourth-order valence-corrected chi connectivity index (χ4v) is 3.60. The third kappa shape index (κ3) is 3.04. The van der Waals surface area contributed by atoms with Crippen LogP contribution in [-0.4, -0.2) is 42.1 Å². The molecule has 1 aromatic heterocycles. The van der Waals surface area contributed by atoms with Gasteiger partial charge in [0.1, 0.15) is 0 Å². The van der Waals surface area contributed by atoms with Gasteiger partial charge >= 0.3 is 0 Å². The van der Waals surface area contributed by atoms with Crippen LogP contribution in [0.2, 0.25) is 0 Å². The van der Waals surface area contributed by atoms with Gasteiger partial charge in [0.05, 0.1) is 5.56 Å². The molecule has 4 nitrogen and oxygen atoms in total. The lowest BCUT2D eigenvalue weighted by Crippen LogP contribution is -2.30. The maximum atomic E-state index is 12.9. The third-order valence-corrected chi connectivity index (χ3v) is 4.74. The van der Waals surface area contributed by atoms with E-state index in [1.165, 1.54) is 0 Å². The van der Waals surface area contributed by atoms with E-state index in [1.807, 2.05) is 43.1 Å². The quantitative estimate of drug-likeness (QED) is 0.943. The number of rotatable bonds is 4. The monoisotopic (exact) mass is 311 g/mol. The second kappa shape index (κ2) is 6.59. The summed E-state index contributed by atoms with van der Waals surface area (Å²) in [6.45, 7) is 6.79. The Kier molecular flexibility index (Phi) is 4.53. The molecule has 1 aliphatic heterocycles. The molecule has 1 amide bonds. The molecule has 1 saturated heterocycles. The summed E-state index contributed by atoms with van der Waals surface area (Å²) in [6.07, 6.45) is 1.09. The van der Waals surface area contributed by atoms with E-state index in [-0.39, 0.29) is 5.91 Å². The van der Waals surface area contributed by atoms with Crippen molar-refractivity contribution in [2.45, 2.75) is 20.3 Å². The molecule has 3 rings (SSSR count). The standard InChI is InChI=1S/C19H25N3O/c1-14-11-18(15(2)22(14)17-7-5-4-6-8-17)19(23)21-10-9-16(13-21)12-20-3/h4-8,11,16,20H,9-10,12-13H2,1-3H3. The van der Waals surface area contributed by atoms with Crippen molar-refractivity contribution in [3.05, 3.63) is 53.3 Å². The van der Waals surface area contributed by atoms with Gasteiger partial charge in [-0.25, -0.2) is 0 Å². The zero-order chi connectivity index (χ0) is 16.4. The van der Waals surface area contributed by atoms with Crippen molar-refractivity contribution in [3.8, 4) is 5.69 Å². The smallest absolute Gasteiger partial charge is 0.255 e. The summed E-state index contributed by atoms with van der Waals surface area (Å²) in [5, 5.41) is 3.21. The molecular weight excluding hydrogens is 286 g/mol. The largest absolute Gasteiger partial charge is 0.338 e. The maximum Gasteiger partial charge on any atom is 0.255 e. The highest BCUT2D eigenvalue weighted by atomic mass is 16.2. The second-order valence-electron chi connectivity index (χ2n) is 6.42. The first-order chi connectivity index (χ1) is 11.1. The van der Waals surface area contributed by atoms with Crippen molar-refractivity contribution in [2.24, 2.45) is 5.92 Å². The molecule has 1 N–H and O–H groups in total. The topological polar surface area (TPSA) is 37.3 Å². The molecule has 4 heteroatoms. The highest BCUT2D eigenvalue weighted by molar-refractivity contribution is 5.96. The van der Waals surface area contributed by atoms with Crippen LogP contribution in [0.15, 0.2) is 36.4 Å². The van der Waals surface area contributed by atoms with Gasteiger partial charge in [0.15, 0.2) is 0 Å². The van der Waals surface area contributed by atoms with Gasteiger partial charge in [-0.15, -0.1) is 0 Å². The summed E-state index contributed by atoms with van der Waals surface area (Å²) in [5.74, 6) is 0.737. The van der Waals surface area contributed by atoms with Crippen LogP contribution in [0.3, 0.4) is 0 Å². The average molecular weight is 311 g/mol. The number of para-hydroxylation sites is 1. The normalized spacial score (nSPS) is 17.7. The van der Waals surface area contributed by atoms with Gasteiger partial charge in [-0.3, -0.25) is 4.79 Å². The van der Waals surface area contributed by atoms with Crippen LogP contribution in [0.25, 0.3) is 5.69 Å². The number of aromatic nitrogens is 1. The van der Waals surface area contributed by atoms with Gasteiger partial charge in [-0.2, -0.15) is 0 Å². The van der Waals surface area contributed by atoms with Gasteiger partial charge < -0.3 is 14.8 Å². The van der Waals surface area contributed by atoms with Crippen LogP contribution in [0, 0.1) is 19.8 Å². The highest BCUT2D eigenvalue weighted by Gasteiger charge is 2.28. The van der Waals surface area contributed by atoms with Gasteiger partial charge in [-0.05, 0) is 58.0 Å². The highest BCUT2D eigenvalue weighted by Crippen LogP contribution is 2.24. The molecule has 1 aliphatic rings. The van der Waals surface area contributed by atoms with Crippen LogP contribution in [0.4, 0.5) is 0 Å². The summed E-state index contributed by atoms with van der Waals surface area (Å²) in [7, 11) is 1.97. The van der Waals surface area contributed by atoms with Gasteiger partial charge in [0.2, 0.25) is 0 Å². The van der Waals surface area contributed by atoms with Crippen LogP contribution in [-0.2, 0) is 0 Å². The number of hydrogen-bond acceptors (Lipinski definition) is 2. The third-order valence-electron chi connectivity index (χ3n) is 4.74. The molecule has 0 aliphatic carbocycles. The van der Waals surface area contributed by atoms with E-state index in [0.717, 1.165) is 48.7 Å². The Morgan fingerprint density at radius 3 is 2.70 bits per heavy atom. The van der Waals surface area contributed by atoms with Gasteiger partial charge in [0.25, 0.3) is 5.91 Å². The van der Waals surface area contributed by atoms with Crippen molar-refractivity contribution in [1.29, 1.82) is 0 Å². The molecule has 0 radical (unpaired) electrons. The van der Waals surface area contributed by atoms with E-state index in [1.54, 1.807) is 0 Å².